The summed E-state index contributed by atoms with van der Waals surface area (Å²) >= 11 is 0. The Labute approximate surface area is 103 Å². The van der Waals surface area contributed by atoms with Gasteiger partial charge in [-0.15, -0.1) is 0 Å². The van der Waals surface area contributed by atoms with E-state index < -0.39 is 5.97 Å². The van der Waals surface area contributed by atoms with Crippen molar-refractivity contribution in [3.05, 3.63) is 53.8 Å². The number of benzene rings is 2. The molecule has 0 heterocycles. The van der Waals surface area contributed by atoms with Crippen molar-refractivity contribution in [3.8, 4) is 16.9 Å². The lowest BCUT2D eigenvalue weighted by atomic mass is 10.0. The van der Waals surface area contributed by atoms with Crippen LogP contribution in [0.4, 0.5) is 4.39 Å². The van der Waals surface area contributed by atoms with Crippen molar-refractivity contribution >= 4 is 5.97 Å². The first kappa shape index (κ1) is 12.1. The molecular formula is C14H11FO3. The lowest BCUT2D eigenvalue weighted by molar-refractivity contribution is 0.0696. The summed E-state index contributed by atoms with van der Waals surface area (Å²) in [6, 6.07) is 10.5. The van der Waals surface area contributed by atoms with Crippen molar-refractivity contribution in [2.75, 3.05) is 7.11 Å². The summed E-state index contributed by atoms with van der Waals surface area (Å²) in [5, 5.41) is 9.00. The molecule has 0 bridgehead atoms. The average Bonchev–Trinajstić information content (AvgIpc) is 2.38. The predicted octanol–water partition coefficient (Wildman–Crippen LogP) is 3.20. The molecular weight excluding hydrogens is 235 g/mol. The van der Waals surface area contributed by atoms with Gasteiger partial charge in [-0.2, -0.15) is 0 Å². The van der Waals surface area contributed by atoms with Gasteiger partial charge in [0, 0.05) is 0 Å². The lowest BCUT2D eigenvalue weighted by Crippen LogP contribution is -1.98. The van der Waals surface area contributed by atoms with Crippen LogP contribution < -0.4 is 4.74 Å². The highest BCUT2D eigenvalue weighted by atomic mass is 19.1. The topological polar surface area (TPSA) is 46.5 Å². The minimum atomic E-state index is -1.05. The van der Waals surface area contributed by atoms with E-state index in [1.54, 1.807) is 18.2 Å². The van der Waals surface area contributed by atoms with Crippen molar-refractivity contribution in [2.45, 2.75) is 0 Å². The fourth-order valence-corrected chi connectivity index (χ4v) is 1.68. The molecule has 2 aromatic carbocycles. The summed E-state index contributed by atoms with van der Waals surface area (Å²) in [4.78, 5) is 11.0. The molecule has 1 N–H and O–H groups in total. The second kappa shape index (κ2) is 4.87. The third-order valence-corrected chi connectivity index (χ3v) is 2.55. The molecule has 0 fully saturated rings. The number of ether oxygens (including phenoxy) is 1. The van der Waals surface area contributed by atoms with Crippen molar-refractivity contribution in [1.82, 2.24) is 0 Å². The van der Waals surface area contributed by atoms with Crippen molar-refractivity contribution in [2.24, 2.45) is 0 Å². The Morgan fingerprint density at radius 2 is 1.94 bits per heavy atom. The van der Waals surface area contributed by atoms with Crippen LogP contribution in [0, 0.1) is 5.82 Å². The van der Waals surface area contributed by atoms with E-state index in [2.05, 4.69) is 0 Å². The molecule has 3 nitrogen and oxygen atoms in total. The number of carbonyl (C=O) groups is 1. The average molecular weight is 246 g/mol. The summed E-state index contributed by atoms with van der Waals surface area (Å²) in [6.07, 6.45) is 0. The second-order valence-electron chi connectivity index (χ2n) is 3.77. The smallest absolute Gasteiger partial charge is 0.335 e. The molecule has 0 aliphatic rings. The molecule has 92 valence electrons. The fourth-order valence-electron chi connectivity index (χ4n) is 1.68. The number of carboxylic acid groups (broad SMARTS) is 1. The summed E-state index contributed by atoms with van der Waals surface area (Å²) in [5.74, 6) is -0.993. The molecule has 2 aromatic rings. The van der Waals surface area contributed by atoms with Gasteiger partial charge in [0.15, 0.2) is 0 Å². The number of hydrogen-bond acceptors (Lipinski definition) is 2. The van der Waals surface area contributed by atoms with E-state index in [1.807, 2.05) is 0 Å². The summed E-state index contributed by atoms with van der Waals surface area (Å²) < 4.78 is 18.2. The largest absolute Gasteiger partial charge is 0.497 e. The van der Waals surface area contributed by atoms with Gasteiger partial charge in [-0.25, -0.2) is 9.18 Å². The number of rotatable bonds is 3. The Hall–Kier alpha value is -2.36. The Bertz CT molecular complexity index is 593. The molecule has 2 rings (SSSR count). The SMILES string of the molecule is COc1cc(C(=O)O)cc(-c2cccc(F)c2)c1. The number of methoxy groups -OCH3 is 1. The zero-order valence-corrected chi connectivity index (χ0v) is 9.68. The van der Waals surface area contributed by atoms with Gasteiger partial charge in [0.2, 0.25) is 0 Å². The van der Waals surface area contributed by atoms with Gasteiger partial charge in [-0.3, -0.25) is 0 Å². The van der Waals surface area contributed by atoms with E-state index in [0.29, 0.717) is 16.9 Å². The number of aromatic carboxylic acids is 1. The second-order valence-corrected chi connectivity index (χ2v) is 3.77. The molecule has 0 saturated carbocycles. The quantitative estimate of drug-likeness (QED) is 0.904. The fraction of sp³-hybridized carbons (Fsp3) is 0.0714. The van der Waals surface area contributed by atoms with Crippen LogP contribution in [0.25, 0.3) is 11.1 Å². The highest BCUT2D eigenvalue weighted by Gasteiger charge is 2.09. The van der Waals surface area contributed by atoms with E-state index in [9.17, 15) is 9.18 Å². The first-order chi connectivity index (χ1) is 8.60. The van der Waals surface area contributed by atoms with Crippen LogP contribution in [-0.4, -0.2) is 18.2 Å². The monoisotopic (exact) mass is 246 g/mol. The van der Waals surface area contributed by atoms with E-state index in [0.717, 1.165) is 0 Å². The predicted molar refractivity (Wildman–Crippen MR) is 65.3 cm³/mol. The van der Waals surface area contributed by atoms with Gasteiger partial charge < -0.3 is 9.84 Å². The highest BCUT2D eigenvalue weighted by Crippen LogP contribution is 2.26. The van der Waals surface area contributed by atoms with Crippen LogP contribution >= 0.6 is 0 Å². The molecule has 18 heavy (non-hydrogen) atoms. The summed E-state index contributed by atoms with van der Waals surface area (Å²) in [7, 11) is 1.45. The van der Waals surface area contributed by atoms with Crippen LogP contribution in [-0.2, 0) is 0 Å². The van der Waals surface area contributed by atoms with Crippen LogP contribution in [0.5, 0.6) is 5.75 Å². The maximum Gasteiger partial charge on any atom is 0.335 e. The first-order valence-corrected chi connectivity index (χ1v) is 5.28. The van der Waals surface area contributed by atoms with Crippen LogP contribution in [0.1, 0.15) is 10.4 Å². The van der Waals surface area contributed by atoms with Gasteiger partial charge in [-0.1, -0.05) is 12.1 Å². The van der Waals surface area contributed by atoms with Crippen LogP contribution in [0.2, 0.25) is 0 Å². The number of carboxylic acids is 1. The Morgan fingerprint density at radius 3 is 2.56 bits per heavy atom. The highest BCUT2D eigenvalue weighted by molar-refractivity contribution is 5.90. The maximum atomic E-state index is 13.1. The normalized spacial score (nSPS) is 10.1. The molecule has 0 amide bonds. The number of halogens is 1. The maximum absolute atomic E-state index is 13.1. The third-order valence-electron chi connectivity index (χ3n) is 2.55. The zero-order valence-electron chi connectivity index (χ0n) is 9.68. The minimum Gasteiger partial charge on any atom is -0.497 e. The van der Waals surface area contributed by atoms with Gasteiger partial charge in [0.1, 0.15) is 11.6 Å². The zero-order chi connectivity index (χ0) is 13.1. The Kier molecular flexibility index (Phi) is 3.28. The van der Waals surface area contributed by atoms with Crippen molar-refractivity contribution < 1.29 is 19.0 Å². The first-order valence-electron chi connectivity index (χ1n) is 5.28. The van der Waals surface area contributed by atoms with Gasteiger partial charge in [0.25, 0.3) is 0 Å². The Balaban J connectivity index is 2.56. The van der Waals surface area contributed by atoms with E-state index in [-0.39, 0.29) is 11.4 Å². The standard InChI is InChI=1S/C14H11FO3/c1-18-13-7-10(5-11(8-13)14(16)17)9-3-2-4-12(15)6-9/h2-8H,1H3,(H,16,17). The van der Waals surface area contributed by atoms with Crippen LogP contribution in [0.15, 0.2) is 42.5 Å². The number of hydrogen-bond donors (Lipinski definition) is 1. The molecule has 0 aromatic heterocycles. The van der Waals surface area contributed by atoms with Crippen molar-refractivity contribution in [1.29, 1.82) is 0 Å². The minimum absolute atomic E-state index is 0.105. The Morgan fingerprint density at radius 1 is 1.17 bits per heavy atom. The molecule has 0 atom stereocenters. The van der Waals surface area contributed by atoms with Gasteiger partial charge >= 0.3 is 5.97 Å². The molecule has 0 aliphatic carbocycles. The molecule has 4 heteroatoms. The van der Waals surface area contributed by atoms with E-state index in [4.69, 9.17) is 9.84 Å². The van der Waals surface area contributed by atoms with Gasteiger partial charge in [-0.05, 0) is 41.5 Å². The molecule has 0 radical (unpaired) electrons. The van der Waals surface area contributed by atoms with E-state index >= 15 is 0 Å². The lowest BCUT2D eigenvalue weighted by Gasteiger charge is -2.07. The molecule has 0 saturated heterocycles. The molecule has 0 spiro atoms. The van der Waals surface area contributed by atoms with Crippen LogP contribution in [0.3, 0.4) is 0 Å². The molecule has 0 aliphatic heterocycles. The summed E-state index contributed by atoms with van der Waals surface area (Å²) in [5.41, 5.74) is 1.32. The van der Waals surface area contributed by atoms with Crippen molar-refractivity contribution in [3.63, 3.8) is 0 Å². The van der Waals surface area contributed by atoms with Gasteiger partial charge in [0.05, 0.1) is 12.7 Å². The van der Waals surface area contributed by atoms with E-state index in [1.165, 1.54) is 31.4 Å². The third kappa shape index (κ3) is 2.48. The summed E-state index contributed by atoms with van der Waals surface area (Å²) in [6.45, 7) is 0. The molecule has 0 unspecified atom stereocenters.